The molecule has 1 N–H and O–H groups in total. The van der Waals surface area contributed by atoms with Gasteiger partial charge in [-0.15, -0.1) is 6.58 Å². The minimum atomic E-state index is -0.257. The Morgan fingerprint density at radius 2 is 2.33 bits per heavy atom. The van der Waals surface area contributed by atoms with Crippen molar-refractivity contribution in [2.75, 3.05) is 6.54 Å². The molecule has 0 spiro atoms. The highest BCUT2D eigenvalue weighted by atomic mass is 35.5. The maximum absolute atomic E-state index is 13.5. The second kappa shape index (κ2) is 5.89. The van der Waals surface area contributed by atoms with E-state index in [9.17, 15) is 4.39 Å². The van der Waals surface area contributed by atoms with Crippen molar-refractivity contribution in [3.63, 3.8) is 0 Å². The highest BCUT2D eigenvalue weighted by molar-refractivity contribution is 6.30. The summed E-state index contributed by atoms with van der Waals surface area (Å²) in [6.07, 6.45) is 2.68. The first-order valence-electron chi connectivity index (χ1n) is 5.00. The third-order valence-corrected chi connectivity index (χ3v) is 2.38. The smallest absolute Gasteiger partial charge is 0.128 e. The van der Waals surface area contributed by atoms with Gasteiger partial charge in [0.1, 0.15) is 5.82 Å². The van der Waals surface area contributed by atoms with Gasteiger partial charge in [0.15, 0.2) is 0 Å². The lowest BCUT2D eigenvalue weighted by atomic mass is 10.1. The van der Waals surface area contributed by atoms with Gasteiger partial charge in [0.25, 0.3) is 0 Å². The van der Waals surface area contributed by atoms with E-state index in [2.05, 4.69) is 18.8 Å². The van der Waals surface area contributed by atoms with Crippen LogP contribution in [0.5, 0.6) is 0 Å². The maximum Gasteiger partial charge on any atom is 0.128 e. The van der Waals surface area contributed by atoms with E-state index < -0.39 is 0 Å². The predicted octanol–water partition coefficient (Wildman–Crippen LogP) is 3.71. The molecule has 1 aromatic rings. The number of hydrogen-bond acceptors (Lipinski definition) is 1. The number of halogens is 2. The first-order chi connectivity index (χ1) is 7.19. The Kier molecular flexibility index (Phi) is 4.79. The molecule has 0 bridgehead atoms. The molecule has 0 saturated carbocycles. The summed E-state index contributed by atoms with van der Waals surface area (Å²) in [5.41, 5.74) is 0.547. The van der Waals surface area contributed by atoms with Crippen LogP contribution in [0.4, 0.5) is 4.39 Å². The molecule has 0 aromatic heterocycles. The van der Waals surface area contributed by atoms with Crippen LogP contribution < -0.4 is 5.32 Å². The largest absolute Gasteiger partial charge is 0.307 e. The molecule has 1 nitrogen and oxygen atoms in total. The predicted molar refractivity (Wildman–Crippen MR) is 62.6 cm³/mol. The van der Waals surface area contributed by atoms with Crippen molar-refractivity contribution in [1.29, 1.82) is 0 Å². The molecule has 1 rings (SSSR count). The molecule has 1 aromatic carbocycles. The van der Waals surface area contributed by atoms with Gasteiger partial charge in [-0.05, 0) is 31.2 Å². The molecule has 0 heterocycles. The van der Waals surface area contributed by atoms with E-state index in [0.717, 1.165) is 13.0 Å². The van der Waals surface area contributed by atoms with Gasteiger partial charge in [-0.25, -0.2) is 4.39 Å². The highest BCUT2D eigenvalue weighted by Crippen LogP contribution is 2.22. The van der Waals surface area contributed by atoms with E-state index in [4.69, 9.17) is 11.6 Å². The Morgan fingerprint density at radius 3 is 2.93 bits per heavy atom. The van der Waals surface area contributed by atoms with Crippen LogP contribution in [-0.2, 0) is 0 Å². The number of hydrogen-bond donors (Lipinski definition) is 1. The zero-order valence-electron chi connectivity index (χ0n) is 8.76. The van der Waals surface area contributed by atoms with Gasteiger partial charge >= 0.3 is 0 Å². The van der Waals surface area contributed by atoms with Crippen LogP contribution in [0, 0.1) is 5.82 Å². The topological polar surface area (TPSA) is 12.0 Å². The van der Waals surface area contributed by atoms with Crippen molar-refractivity contribution in [2.24, 2.45) is 0 Å². The summed E-state index contributed by atoms with van der Waals surface area (Å²) in [5.74, 6) is -0.257. The lowest BCUT2D eigenvalue weighted by Crippen LogP contribution is -2.21. The van der Waals surface area contributed by atoms with E-state index >= 15 is 0 Å². The van der Waals surface area contributed by atoms with E-state index in [-0.39, 0.29) is 11.9 Å². The molecule has 0 aliphatic rings. The second-order valence-corrected chi connectivity index (χ2v) is 3.77. The van der Waals surface area contributed by atoms with Gasteiger partial charge in [-0.1, -0.05) is 24.6 Å². The van der Waals surface area contributed by atoms with E-state index in [0.29, 0.717) is 10.6 Å². The molecule has 3 heteroatoms. The zero-order chi connectivity index (χ0) is 11.3. The second-order valence-electron chi connectivity index (χ2n) is 3.33. The molecule has 1 unspecified atom stereocenters. The van der Waals surface area contributed by atoms with Crippen LogP contribution in [0.25, 0.3) is 0 Å². The monoisotopic (exact) mass is 227 g/mol. The van der Waals surface area contributed by atoms with Crippen molar-refractivity contribution >= 4 is 11.6 Å². The van der Waals surface area contributed by atoms with Crippen LogP contribution in [0.2, 0.25) is 5.02 Å². The lowest BCUT2D eigenvalue weighted by molar-refractivity contribution is 0.556. The summed E-state index contributed by atoms with van der Waals surface area (Å²) in [4.78, 5) is 0. The first kappa shape index (κ1) is 12.2. The molecule has 0 amide bonds. The van der Waals surface area contributed by atoms with Gasteiger partial charge in [0.05, 0.1) is 6.04 Å². The molecule has 0 aliphatic carbocycles. The average Bonchev–Trinajstić information content (AvgIpc) is 2.24. The lowest BCUT2D eigenvalue weighted by Gasteiger charge is -2.15. The van der Waals surface area contributed by atoms with Gasteiger partial charge in [-0.3, -0.25) is 0 Å². The Labute approximate surface area is 95.0 Å². The Bertz CT molecular complexity index is 338. The normalized spacial score (nSPS) is 12.5. The Balaban J connectivity index is 2.90. The van der Waals surface area contributed by atoms with Crippen molar-refractivity contribution in [1.82, 2.24) is 5.32 Å². The van der Waals surface area contributed by atoms with Gasteiger partial charge in [0, 0.05) is 10.6 Å². The molecular weight excluding hydrogens is 213 g/mol. The minimum Gasteiger partial charge on any atom is -0.307 e. The van der Waals surface area contributed by atoms with Gasteiger partial charge < -0.3 is 5.32 Å². The summed E-state index contributed by atoms with van der Waals surface area (Å²) < 4.78 is 13.5. The number of rotatable bonds is 5. The SMILES string of the molecule is C=CC(NCCC)c1cc(Cl)ccc1F. The fraction of sp³-hybridized carbons (Fsp3) is 0.333. The van der Waals surface area contributed by atoms with E-state index in [1.54, 1.807) is 18.2 Å². The third-order valence-electron chi connectivity index (χ3n) is 2.14. The van der Waals surface area contributed by atoms with Crippen molar-refractivity contribution in [3.8, 4) is 0 Å². The van der Waals surface area contributed by atoms with Crippen LogP contribution >= 0.6 is 11.6 Å². The molecule has 1 atom stereocenters. The molecule has 0 fully saturated rings. The number of nitrogens with one attached hydrogen (secondary N) is 1. The Hall–Kier alpha value is -0.860. The average molecular weight is 228 g/mol. The molecular formula is C12H15ClFN. The number of benzene rings is 1. The molecule has 15 heavy (non-hydrogen) atoms. The molecule has 0 saturated heterocycles. The summed E-state index contributed by atoms with van der Waals surface area (Å²) in [6, 6.07) is 4.37. The molecule has 0 radical (unpaired) electrons. The first-order valence-corrected chi connectivity index (χ1v) is 5.37. The maximum atomic E-state index is 13.5. The summed E-state index contributed by atoms with van der Waals surface area (Å²) in [5, 5.41) is 3.73. The van der Waals surface area contributed by atoms with Crippen LogP contribution in [-0.4, -0.2) is 6.54 Å². The van der Waals surface area contributed by atoms with Crippen LogP contribution in [0.3, 0.4) is 0 Å². The van der Waals surface area contributed by atoms with Crippen LogP contribution in [0.15, 0.2) is 30.9 Å². The van der Waals surface area contributed by atoms with Crippen LogP contribution in [0.1, 0.15) is 24.9 Å². The molecule has 82 valence electrons. The highest BCUT2D eigenvalue weighted by Gasteiger charge is 2.11. The summed E-state index contributed by atoms with van der Waals surface area (Å²) in [7, 11) is 0. The van der Waals surface area contributed by atoms with Crippen molar-refractivity contribution in [3.05, 3.63) is 47.3 Å². The van der Waals surface area contributed by atoms with E-state index in [1.165, 1.54) is 6.07 Å². The summed E-state index contributed by atoms with van der Waals surface area (Å²) >= 11 is 5.82. The fourth-order valence-electron chi connectivity index (χ4n) is 1.37. The third kappa shape index (κ3) is 3.33. The standard InChI is InChI=1S/C12H15ClFN/c1-3-7-15-12(4-2)10-8-9(13)5-6-11(10)14/h4-6,8,12,15H,2-3,7H2,1H3. The molecule has 0 aliphatic heterocycles. The quantitative estimate of drug-likeness (QED) is 0.757. The summed E-state index contributed by atoms with van der Waals surface area (Å²) in [6.45, 7) is 6.57. The Morgan fingerprint density at radius 1 is 1.60 bits per heavy atom. The fourth-order valence-corrected chi connectivity index (χ4v) is 1.55. The van der Waals surface area contributed by atoms with Gasteiger partial charge in [-0.2, -0.15) is 0 Å². The van der Waals surface area contributed by atoms with Gasteiger partial charge in [0.2, 0.25) is 0 Å². The van der Waals surface area contributed by atoms with Crippen molar-refractivity contribution < 1.29 is 4.39 Å². The van der Waals surface area contributed by atoms with E-state index in [1.807, 2.05) is 0 Å². The zero-order valence-corrected chi connectivity index (χ0v) is 9.52. The minimum absolute atomic E-state index is 0.177. The van der Waals surface area contributed by atoms with Crippen molar-refractivity contribution in [2.45, 2.75) is 19.4 Å².